The normalized spacial score (nSPS) is 10.2. The van der Waals surface area contributed by atoms with Crippen molar-refractivity contribution in [3.63, 3.8) is 0 Å². The Labute approximate surface area is 123 Å². The molecule has 0 fully saturated rings. The van der Waals surface area contributed by atoms with Crippen LogP contribution in [0.4, 0.5) is 17.5 Å². The van der Waals surface area contributed by atoms with Gasteiger partial charge in [0.05, 0.1) is 13.3 Å². The van der Waals surface area contributed by atoms with Gasteiger partial charge in [-0.05, 0) is 30.7 Å². The number of benzene rings is 1. The van der Waals surface area contributed by atoms with Crippen LogP contribution in [0.25, 0.3) is 0 Å². The number of ether oxygens (including phenoxy) is 2. The van der Waals surface area contributed by atoms with Gasteiger partial charge in [0.15, 0.2) is 5.82 Å². The lowest BCUT2D eigenvalue weighted by Gasteiger charge is -2.08. The lowest BCUT2D eigenvalue weighted by molar-refractivity contribution is 0.197. The van der Waals surface area contributed by atoms with Gasteiger partial charge in [-0.15, -0.1) is 5.10 Å². The minimum Gasteiger partial charge on any atom is -0.497 e. The molecule has 0 unspecified atom stereocenters. The highest BCUT2D eigenvalue weighted by molar-refractivity contribution is 5.55. The Hall–Kier alpha value is -2.41. The molecule has 0 aliphatic heterocycles. The van der Waals surface area contributed by atoms with E-state index in [0.717, 1.165) is 24.4 Å². The zero-order valence-corrected chi connectivity index (χ0v) is 12.2. The molecule has 0 saturated heterocycles. The molecule has 21 heavy (non-hydrogen) atoms. The van der Waals surface area contributed by atoms with E-state index in [2.05, 4.69) is 25.8 Å². The monoisotopic (exact) mass is 289 g/mol. The molecule has 0 aliphatic carbocycles. The number of aromatic nitrogens is 3. The van der Waals surface area contributed by atoms with Gasteiger partial charge >= 0.3 is 0 Å². The Morgan fingerprint density at radius 2 is 1.95 bits per heavy atom. The summed E-state index contributed by atoms with van der Waals surface area (Å²) in [4.78, 5) is 4.34. The fourth-order valence-corrected chi connectivity index (χ4v) is 1.68. The van der Waals surface area contributed by atoms with Crippen molar-refractivity contribution in [1.82, 2.24) is 15.2 Å². The van der Waals surface area contributed by atoms with Gasteiger partial charge in [0.1, 0.15) is 5.75 Å². The second-order valence-corrected chi connectivity index (χ2v) is 4.29. The van der Waals surface area contributed by atoms with Gasteiger partial charge in [0.2, 0.25) is 5.95 Å². The van der Waals surface area contributed by atoms with E-state index in [1.807, 2.05) is 24.3 Å². The Kier molecular flexibility index (Phi) is 5.71. The lowest BCUT2D eigenvalue weighted by atomic mass is 10.3. The van der Waals surface area contributed by atoms with Crippen LogP contribution < -0.4 is 15.4 Å². The summed E-state index contributed by atoms with van der Waals surface area (Å²) in [5.74, 6) is 1.92. The van der Waals surface area contributed by atoms with E-state index in [4.69, 9.17) is 9.47 Å². The average molecular weight is 289 g/mol. The Morgan fingerprint density at radius 1 is 1.14 bits per heavy atom. The van der Waals surface area contributed by atoms with E-state index in [-0.39, 0.29) is 0 Å². The van der Waals surface area contributed by atoms with Crippen LogP contribution >= 0.6 is 0 Å². The van der Waals surface area contributed by atoms with E-state index >= 15 is 0 Å². The Bertz CT molecular complexity index is 547. The van der Waals surface area contributed by atoms with Crippen molar-refractivity contribution < 1.29 is 9.47 Å². The molecule has 1 aromatic carbocycles. The molecule has 0 bridgehead atoms. The van der Waals surface area contributed by atoms with Crippen LogP contribution in [0.1, 0.15) is 6.42 Å². The first-order valence-electron chi connectivity index (χ1n) is 6.65. The zero-order valence-electron chi connectivity index (χ0n) is 12.2. The first kappa shape index (κ1) is 15.0. The fraction of sp³-hybridized carbons (Fsp3) is 0.357. The second kappa shape index (κ2) is 8.01. The first-order chi connectivity index (χ1) is 10.3. The number of hydrogen-bond acceptors (Lipinski definition) is 7. The van der Waals surface area contributed by atoms with E-state index in [1.54, 1.807) is 20.4 Å². The van der Waals surface area contributed by atoms with E-state index in [1.165, 1.54) is 0 Å². The largest absolute Gasteiger partial charge is 0.497 e. The molecule has 0 saturated carbocycles. The van der Waals surface area contributed by atoms with Crippen molar-refractivity contribution in [2.45, 2.75) is 6.42 Å². The Morgan fingerprint density at radius 3 is 2.67 bits per heavy atom. The average Bonchev–Trinajstić information content (AvgIpc) is 2.53. The smallest absolute Gasteiger partial charge is 0.249 e. The number of rotatable bonds is 8. The number of hydrogen-bond donors (Lipinski definition) is 2. The van der Waals surface area contributed by atoms with Crippen LogP contribution in [0.2, 0.25) is 0 Å². The molecule has 0 atom stereocenters. The number of methoxy groups -OCH3 is 2. The van der Waals surface area contributed by atoms with Gasteiger partial charge in [-0.25, -0.2) is 0 Å². The van der Waals surface area contributed by atoms with Gasteiger partial charge in [-0.2, -0.15) is 10.1 Å². The van der Waals surface area contributed by atoms with Gasteiger partial charge in [-0.3, -0.25) is 0 Å². The summed E-state index contributed by atoms with van der Waals surface area (Å²) in [5, 5.41) is 14.1. The topological polar surface area (TPSA) is 81.2 Å². The molecule has 0 radical (unpaired) electrons. The molecule has 1 aromatic heterocycles. The first-order valence-corrected chi connectivity index (χ1v) is 6.65. The van der Waals surface area contributed by atoms with Crippen LogP contribution in [0.15, 0.2) is 30.5 Å². The maximum absolute atomic E-state index is 5.11. The summed E-state index contributed by atoms with van der Waals surface area (Å²) < 4.78 is 10.1. The maximum atomic E-state index is 5.11. The van der Waals surface area contributed by atoms with Crippen molar-refractivity contribution in [2.75, 3.05) is 38.0 Å². The van der Waals surface area contributed by atoms with Crippen molar-refractivity contribution in [3.8, 4) is 5.75 Å². The van der Waals surface area contributed by atoms with Crippen molar-refractivity contribution in [3.05, 3.63) is 30.5 Å². The van der Waals surface area contributed by atoms with Crippen molar-refractivity contribution in [1.29, 1.82) is 0 Å². The van der Waals surface area contributed by atoms with Crippen LogP contribution in [-0.4, -0.2) is 42.6 Å². The van der Waals surface area contributed by atoms with Crippen LogP contribution in [0.3, 0.4) is 0 Å². The highest BCUT2D eigenvalue weighted by atomic mass is 16.5. The van der Waals surface area contributed by atoms with Gasteiger partial charge < -0.3 is 20.1 Å². The summed E-state index contributed by atoms with van der Waals surface area (Å²) in [5.41, 5.74) is 0.870. The maximum Gasteiger partial charge on any atom is 0.249 e. The molecule has 0 aliphatic rings. The summed E-state index contributed by atoms with van der Waals surface area (Å²) >= 11 is 0. The minimum atomic E-state index is 0.442. The summed E-state index contributed by atoms with van der Waals surface area (Å²) in [6.45, 7) is 1.48. The predicted molar refractivity (Wildman–Crippen MR) is 81.1 cm³/mol. The molecule has 0 amide bonds. The molecule has 2 rings (SSSR count). The molecule has 7 heteroatoms. The van der Waals surface area contributed by atoms with Gasteiger partial charge in [0, 0.05) is 25.9 Å². The number of nitrogens with one attached hydrogen (secondary N) is 2. The highest BCUT2D eigenvalue weighted by Crippen LogP contribution is 2.17. The predicted octanol–water partition coefficient (Wildman–Crippen LogP) is 2.07. The number of nitrogens with zero attached hydrogens (tertiary/aromatic N) is 3. The quantitative estimate of drug-likeness (QED) is 0.720. The third-order valence-electron chi connectivity index (χ3n) is 2.74. The van der Waals surface area contributed by atoms with E-state index < -0.39 is 0 Å². The molecule has 2 N–H and O–H groups in total. The third-order valence-corrected chi connectivity index (χ3v) is 2.74. The van der Waals surface area contributed by atoms with Crippen LogP contribution in [0, 0.1) is 0 Å². The highest BCUT2D eigenvalue weighted by Gasteiger charge is 2.01. The molecule has 1 heterocycles. The van der Waals surface area contributed by atoms with Gasteiger partial charge in [-0.1, -0.05) is 0 Å². The molecular formula is C14H19N5O2. The molecule has 0 spiro atoms. The summed E-state index contributed by atoms with van der Waals surface area (Å²) in [6, 6.07) is 7.51. The Balaban J connectivity index is 1.93. The standard InChI is InChI=1S/C14H19N5O2/c1-20-9-3-8-15-13-10-16-19-14(18-13)17-11-4-6-12(21-2)7-5-11/h4-7,10H,3,8-9H2,1-2H3,(H2,15,17,18,19). The second-order valence-electron chi connectivity index (χ2n) is 4.29. The molecule has 2 aromatic rings. The van der Waals surface area contributed by atoms with Crippen molar-refractivity contribution >= 4 is 17.5 Å². The zero-order chi connectivity index (χ0) is 14.9. The van der Waals surface area contributed by atoms with Crippen LogP contribution in [-0.2, 0) is 4.74 Å². The minimum absolute atomic E-state index is 0.442. The fourth-order valence-electron chi connectivity index (χ4n) is 1.68. The molecular weight excluding hydrogens is 270 g/mol. The molecule has 7 nitrogen and oxygen atoms in total. The SMILES string of the molecule is COCCCNc1cnnc(Nc2ccc(OC)cc2)n1. The number of anilines is 3. The van der Waals surface area contributed by atoms with Crippen LogP contribution in [0.5, 0.6) is 5.75 Å². The third kappa shape index (κ3) is 4.88. The van der Waals surface area contributed by atoms with Gasteiger partial charge in [0.25, 0.3) is 0 Å². The summed E-state index contributed by atoms with van der Waals surface area (Å²) in [7, 11) is 3.32. The van der Waals surface area contributed by atoms with E-state index in [0.29, 0.717) is 18.4 Å². The molecule has 112 valence electrons. The lowest BCUT2D eigenvalue weighted by Crippen LogP contribution is -2.08. The van der Waals surface area contributed by atoms with Crippen molar-refractivity contribution in [2.24, 2.45) is 0 Å². The summed E-state index contributed by atoms with van der Waals surface area (Å²) in [6.07, 6.45) is 2.49. The van der Waals surface area contributed by atoms with E-state index in [9.17, 15) is 0 Å².